The van der Waals surface area contributed by atoms with E-state index in [1.54, 1.807) is 6.08 Å². The molecule has 1 aliphatic carbocycles. The molecule has 0 aliphatic heterocycles. The van der Waals surface area contributed by atoms with Gasteiger partial charge in [0, 0.05) is 0 Å². The summed E-state index contributed by atoms with van der Waals surface area (Å²) in [6, 6.07) is 0. The Bertz CT molecular complexity index is 389. The monoisotopic (exact) mass is 459 g/mol. The molecule has 1 aliphatic rings. The summed E-state index contributed by atoms with van der Waals surface area (Å²) in [7, 11) is 0. The Morgan fingerprint density at radius 3 is 1.77 bits per heavy atom. The second-order valence-corrected chi connectivity index (χ2v) is 16.5. The van der Waals surface area contributed by atoms with Crippen LogP contribution >= 0.6 is 0 Å². The van der Waals surface area contributed by atoms with Crippen molar-refractivity contribution in [1.82, 2.24) is 9.78 Å². The van der Waals surface area contributed by atoms with Crippen LogP contribution in [0.15, 0.2) is 19.8 Å². The Kier molecular flexibility index (Phi) is 9.16. The van der Waals surface area contributed by atoms with Gasteiger partial charge in [-0.05, 0) is 0 Å². The Morgan fingerprint density at radius 1 is 0.955 bits per heavy atom. The van der Waals surface area contributed by atoms with E-state index in [1.807, 2.05) is 20.8 Å². The van der Waals surface area contributed by atoms with Crippen LogP contribution in [0.3, 0.4) is 0 Å². The van der Waals surface area contributed by atoms with Crippen molar-refractivity contribution in [3.8, 4) is 0 Å². The number of hydrogen-bond donors (Lipinski definition) is 3. The molecule has 0 heterocycles. The summed E-state index contributed by atoms with van der Waals surface area (Å²) in [5.74, 6) is 0. The summed E-state index contributed by atoms with van der Waals surface area (Å²) in [4.78, 5) is 0. The fourth-order valence-electron chi connectivity index (χ4n) is 2.57. The predicted octanol–water partition coefficient (Wildman–Crippen LogP) is 3.48. The summed E-state index contributed by atoms with van der Waals surface area (Å²) in [6.07, 6.45) is 6.22. The standard InChI is InChI=1S/C5H4F3Ge.3C3H8N.Zr/c6-9(7,8)5-3-1-2-4-5;3*1-2-3-4;/h1,3H,2H2;3*4H,2-3H2,1H3;/q;3*-1;+3. The van der Waals surface area contributed by atoms with Gasteiger partial charge in [0.15, 0.2) is 0 Å². The fraction of sp³-hybridized carbons (Fsp3) is 0.714. The summed E-state index contributed by atoms with van der Waals surface area (Å²) >= 11 is -9.92. The molecule has 0 unspecified atom stereocenters. The van der Waals surface area contributed by atoms with E-state index in [2.05, 4.69) is 9.78 Å². The summed E-state index contributed by atoms with van der Waals surface area (Å²) in [5, 5.41) is 0. The minimum atomic E-state index is -6.32. The van der Waals surface area contributed by atoms with Crippen molar-refractivity contribution < 1.29 is 31.6 Å². The molecule has 0 saturated heterocycles. The van der Waals surface area contributed by atoms with Gasteiger partial charge in [0.2, 0.25) is 0 Å². The van der Waals surface area contributed by atoms with Crippen LogP contribution in [0.5, 0.6) is 0 Å². The summed E-state index contributed by atoms with van der Waals surface area (Å²) in [5.41, 5.74) is 0. The van der Waals surface area contributed by atoms with Crippen molar-refractivity contribution in [3.63, 3.8) is 0 Å². The number of nitrogens with one attached hydrogen (secondary N) is 3. The molecule has 3 nitrogen and oxygen atoms in total. The molecule has 0 spiro atoms. The van der Waals surface area contributed by atoms with Gasteiger partial charge in [-0.15, -0.1) is 0 Å². The molecule has 0 saturated carbocycles. The summed E-state index contributed by atoms with van der Waals surface area (Å²) < 4.78 is 51.5. The van der Waals surface area contributed by atoms with Crippen molar-refractivity contribution in [3.05, 3.63) is 19.8 Å². The number of hydrogen-bond acceptors (Lipinski definition) is 3. The number of halogens is 3. The first-order valence-corrected chi connectivity index (χ1v) is 16.5. The van der Waals surface area contributed by atoms with Gasteiger partial charge in [-0.2, -0.15) is 0 Å². The van der Waals surface area contributed by atoms with Crippen molar-refractivity contribution in [2.75, 3.05) is 19.6 Å². The molecule has 0 aromatic carbocycles. The van der Waals surface area contributed by atoms with Gasteiger partial charge < -0.3 is 0 Å². The van der Waals surface area contributed by atoms with Gasteiger partial charge in [-0.25, -0.2) is 0 Å². The Balaban J connectivity index is 3.19. The van der Waals surface area contributed by atoms with E-state index in [1.165, 1.54) is 6.08 Å². The maximum absolute atomic E-state index is 13.5. The van der Waals surface area contributed by atoms with Crippen molar-refractivity contribution in [2.45, 2.75) is 46.5 Å². The van der Waals surface area contributed by atoms with Crippen LogP contribution in [-0.2, 0) is 21.1 Å². The van der Waals surface area contributed by atoms with E-state index >= 15 is 0 Å². The zero-order valence-electron chi connectivity index (χ0n) is 13.7. The molecule has 0 fully saturated rings. The van der Waals surface area contributed by atoms with Crippen LogP contribution in [0.2, 0.25) is 0 Å². The van der Waals surface area contributed by atoms with Gasteiger partial charge in [0.25, 0.3) is 0 Å². The molecular weight excluding hydrogens is 431 g/mol. The van der Waals surface area contributed by atoms with Crippen LogP contribution in [0.25, 0.3) is 0 Å². The second kappa shape index (κ2) is 9.77. The topological polar surface area (TPSA) is 36.1 Å². The third kappa shape index (κ3) is 5.58. The Hall–Kier alpha value is 0.576. The zero-order chi connectivity index (χ0) is 16.6. The SMILES string of the molecule is CCC[NH][Zr]([NH]CCC)([NH]CCC)[C]1=[C]([Ge]([F])([F])[F])C=CC1. The van der Waals surface area contributed by atoms with E-state index in [9.17, 15) is 10.5 Å². The van der Waals surface area contributed by atoms with Gasteiger partial charge in [0.1, 0.15) is 0 Å². The second-order valence-electron chi connectivity index (χ2n) is 5.53. The van der Waals surface area contributed by atoms with Crippen molar-refractivity contribution >= 4 is 14.7 Å². The van der Waals surface area contributed by atoms with Gasteiger partial charge in [0.05, 0.1) is 0 Å². The van der Waals surface area contributed by atoms with Gasteiger partial charge >= 0.3 is 142 Å². The molecule has 0 amide bonds. The average molecular weight is 459 g/mol. The molecule has 3 N–H and O–H groups in total. The van der Waals surface area contributed by atoms with Crippen LogP contribution in [0.1, 0.15) is 46.5 Å². The van der Waals surface area contributed by atoms with E-state index in [0.29, 0.717) is 9.70 Å². The quantitative estimate of drug-likeness (QED) is 0.415. The number of allylic oxidation sites excluding steroid dienone is 4. The van der Waals surface area contributed by atoms with Crippen LogP contribution in [0, 0.1) is 0 Å². The third-order valence-corrected chi connectivity index (χ3v) is 16.3. The fourth-order valence-corrected chi connectivity index (χ4v) is 17.6. The third-order valence-electron chi connectivity index (χ3n) is 3.61. The molecule has 0 bridgehead atoms. The molecule has 1 rings (SSSR count). The molecule has 0 atom stereocenters. The zero-order valence-corrected chi connectivity index (χ0v) is 18.3. The van der Waals surface area contributed by atoms with E-state index in [-0.39, 0.29) is 4.41 Å². The van der Waals surface area contributed by atoms with Crippen LogP contribution in [0.4, 0.5) is 10.5 Å². The average Bonchev–Trinajstić information content (AvgIpc) is 2.97. The molecule has 128 valence electrons. The molecular formula is C14H28F3GeN3Zr. The first-order valence-electron chi connectivity index (χ1n) is 8.13. The van der Waals surface area contributed by atoms with E-state index in [4.69, 9.17) is 0 Å². The first kappa shape index (κ1) is 20.6. The summed E-state index contributed by atoms with van der Waals surface area (Å²) in [6.45, 7) is 8.41. The van der Waals surface area contributed by atoms with Gasteiger partial charge in [-0.3, -0.25) is 0 Å². The molecule has 0 radical (unpaired) electrons. The molecule has 0 aromatic rings. The van der Waals surface area contributed by atoms with Crippen LogP contribution < -0.4 is 9.78 Å². The van der Waals surface area contributed by atoms with Gasteiger partial charge in [-0.1, -0.05) is 0 Å². The normalized spacial score (nSPS) is 15.9. The Morgan fingerprint density at radius 2 is 1.41 bits per heavy atom. The molecule has 0 aromatic heterocycles. The predicted molar refractivity (Wildman–Crippen MR) is 84.7 cm³/mol. The van der Waals surface area contributed by atoms with Crippen molar-refractivity contribution in [2.24, 2.45) is 0 Å². The number of rotatable bonds is 11. The minimum absolute atomic E-state index is 0.258. The molecule has 22 heavy (non-hydrogen) atoms. The van der Waals surface area contributed by atoms with E-state index in [0.717, 1.165) is 38.9 Å². The van der Waals surface area contributed by atoms with Crippen LogP contribution in [-0.4, -0.2) is 34.3 Å². The first-order chi connectivity index (χ1) is 10.4. The Labute approximate surface area is 141 Å². The van der Waals surface area contributed by atoms with E-state index < -0.39 is 35.8 Å². The molecule has 8 heteroatoms. The maximum atomic E-state index is 13.5. The van der Waals surface area contributed by atoms with Crippen molar-refractivity contribution in [1.29, 1.82) is 0 Å².